The maximum Gasteiger partial charge on any atom is 0.339 e. The Balaban J connectivity index is 1.29. The van der Waals surface area contributed by atoms with Crippen LogP contribution in [0.3, 0.4) is 0 Å². The number of nitrogens with zero attached hydrogens (tertiary/aromatic N) is 1. The lowest BCUT2D eigenvalue weighted by atomic mass is 10.2. The van der Waals surface area contributed by atoms with Gasteiger partial charge >= 0.3 is 5.97 Å². The monoisotopic (exact) mass is 498 g/mol. The van der Waals surface area contributed by atoms with Crippen molar-refractivity contribution in [2.75, 3.05) is 31.5 Å². The van der Waals surface area contributed by atoms with Crippen LogP contribution in [-0.2, 0) is 20.9 Å². The molecule has 0 bridgehead atoms. The summed E-state index contributed by atoms with van der Waals surface area (Å²) in [6.45, 7) is 0.259. The van der Waals surface area contributed by atoms with Gasteiger partial charge in [0.25, 0.3) is 5.91 Å². The molecule has 8 nitrogen and oxygen atoms in total. The zero-order valence-corrected chi connectivity index (χ0v) is 19.9. The average Bonchev–Trinajstić information content (AvgIpc) is 3.53. The minimum Gasteiger partial charge on any atom is -0.454 e. The Morgan fingerprint density at radius 3 is 2.74 bits per heavy atom. The Kier molecular flexibility index (Phi) is 7.71. The van der Waals surface area contributed by atoms with Crippen molar-refractivity contribution in [3.63, 3.8) is 0 Å². The third kappa shape index (κ3) is 6.09. The number of esters is 1. The van der Waals surface area contributed by atoms with Crippen LogP contribution in [0.25, 0.3) is 0 Å². The van der Waals surface area contributed by atoms with E-state index < -0.39 is 5.97 Å². The molecule has 0 spiro atoms. The van der Waals surface area contributed by atoms with E-state index in [1.165, 1.54) is 16.7 Å². The summed E-state index contributed by atoms with van der Waals surface area (Å²) in [7, 11) is 1.67. The van der Waals surface area contributed by atoms with Gasteiger partial charge in [-0.1, -0.05) is 18.2 Å². The number of hydrogen-bond acceptors (Lipinski definition) is 8. The maximum atomic E-state index is 12.6. The molecule has 1 aromatic heterocycles. The molecule has 10 heteroatoms. The average molecular weight is 499 g/mol. The molecule has 1 N–H and O–H groups in total. The number of rotatable bonds is 9. The highest BCUT2D eigenvalue weighted by molar-refractivity contribution is 8.00. The normalized spacial score (nSPS) is 11.7. The maximum absolute atomic E-state index is 12.6. The number of ether oxygens (including phenoxy) is 3. The summed E-state index contributed by atoms with van der Waals surface area (Å²) in [6, 6.07) is 15.8. The first kappa shape index (κ1) is 23.7. The molecule has 176 valence electrons. The van der Waals surface area contributed by atoms with Gasteiger partial charge in [-0.3, -0.25) is 9.59 Å². The highest BCUT2D eigenvalue weighted by atomic mass is 32.2. The predicted molar refractivity (Wildman–Crippen MR) is 129 cm³/mol. The zero-order valence-electron chi connectivity index (χ0n) is 18.3. The largest absolute Gasteiger partial charge is 0.454 e. The van der Waals surface area contributed by atoms with Crippen LogP contribution >= 0.6 is 23.1 Å². The fourth-order valence-corrected chi connectivity index (χ4v) is 4.71. The van der Waals surface area contributed by atoms with Crippen LogP contribution in [-0.4, -0.2) is 48.9 Å². The first-order valence-corrected chi connectivity index (χ1v) is 12.2. The van der Waals surface area contributed by atoms with Crippen molar-refractivity contribution < 1.29 is 28.6 Å². The SMILES string of the molecule is CN(Cc1cccs1)C(=O)COC(=O)c1ccccc1SCC(=O)Nc1ccc2c(c1)OCO2. The quantitative estimate of drug-likeness (QED) is 0.352. The number of likely N-dealkylation sites (N-methyl/N-ethyl adjacent to an activating group) is 1. The van der Waals surface area contributed by atoms with E-state index in [2.05, 4.69) is 5.32 Å². The van der Waals surface area contributed by atoms with Crippen LogP contribution in [0.15, 0.2) is 64.9 Å². The highest BCUT2D eigenvalue weighted by Crippen LogP contribution is 2.34. The van der Waals surface area contributed by atoms with Gasteiger partial charge in [0.2, 0.25) is 12.7 Å². The van der Waals surface area contributed by atoms with E-state index in [1.807, 2.05) is 17.5 Å². The molecule has 2 heterocycles. The molecule has 0 fully saturated rings. The molecule has 3 aromatic rings. The Bertz CT molecular complexity index is 1180. The minimum atomic E-state index is -0.614. The Morgan fingerprint density at radius 2 is 1.91 bits per heavy atom. The third-order valence-electron chi connectivity index (χ3n) is 4.85. The summed E-state index contributed by atoms with van der Waals surface area (Å²) in [5.41, 5.74) is 0.893. The molecule has 0 atom stereocenters. The third-order valence-corrected chi connectivity index (χ3v) is 6.78. The topological polar surface area (TPSA) is 94.2 Å². The molecular weight excluding hydrogens is 476 g/mol. The molecule has 0 saturated heterocycles. The van der Waals surface area contributed by atoms with Gasteiger partial charge in [0.1, 0.15) is 0 Å². The predicted octanol–water partition coefficient (Wildman–Crippen LogP) is 4.02. The Hall–Kier alpha value is -3.50. The van der Waals surface area contributed by atoms with Gasteiger partial charge in [-0.2, -0.15) is 0 Å². The molecule has 1 aliphatic heterocycles. The summed E-state index contributed by atoms with van der Waals surface area (Å²) < 4.78 is 15.8. The van der Waals surface area contributed by atoms with Gasteiger partial charge in [-0.05, 0) is 35.7 Å². The Labute approximate surface area is 204 Å². The zero-order chi connectivity index (χ0) is 23.9. The number of amides is 2. The molecule has 2 aromatic carbocycles. The number of nitrogens with one attached hydrogen (secondary N) is 1. The van der Waals surface area contributed by atoms with Crippen molar-refractivity contribution >= 4 is 46.6 Å². The Morgan fingerprint density at radius 1 is 1.09 bits per heavy atom. The fraction of sp³-hybridized carbons (Fsp3) is 0.208. The summed E-state index contributed by atoms with van der Waals surface area (Å²) in [6.07, 6.45) is 0. The second kappa shape index (κ2) is 11.1. The van der Waals surface area contributed by atoms with Crippen LogP contribution < -0.4 is 14.8 Å². The molecular formula is C24H22N2O6S2. The molecule has 2 amide bonds. The van der Waals surface area contributed by atoms with Crippen molar-refractivity contribution in [1.82, 2.24) is 4.90 Å². The van der Waals surface area contributed by atoms with E-state index in [9.17, 15) is 14.4 Å². The van der Waals surface area contributed by atoms with E-state index >= 15 is 0 Å². The lowest BCUT2D eigenvalue weighted by Crippen LogP contribution is -2.30. The molecule has 0 unspecified atom stereocenters. The van der Waals surface area contributed by atoms with Gasteiger partial charge in [-0.15, -0.1) is 23.1 Å². The van der Waals surface area contributed by atoms with E-state index in [0.29, 0.717) is 34.2 Å². The van der Waals surface area contributed by atoms with Gasteiger partial charge in [0, 0.05) is 28.6 Å². The van der Waals surface area contributed by atoms with Crippen LogP contribution in [0.5, 0.6) is 11.5 Å². The van der Waals surface area contributed by atoms with Gasteiger partial charge < -0.3 is 24.4 Å². The standard InChI is InChI=1S/C24H22N2O6S2/c1-26(12-17-5-4-10-33-17)23(28)13-30-24(29)18-6-2-3-7-21(18)34-14-22(27)25-16-8-9-19-20(11-16)32-15-31-19/h2-11H,12-15H2,1H3,(H,25,27). The van der Waals surface area contributed by atoms with E-state index in [-0.39, 0.29) is 31.0 Å². The lowest BCUT2D eigenvalue weighted by Gasteiger charge is -2.16. The van der Waals surface area contributed by atoms with Crippen molar-refractivity contribution in [3.05, 3.63) is 70.4 Å². The summed E-state index contributed by atoms with van der Waals surface area (Å²) in [4.78, 5) is 40.5. The molecule has 0 aliphatic carbocycles. The van der Waals surface area contributed by atoms with Crippen LogP contribution in [0.1, 0.15) is 15.2 Å². The fourth-order valence-electron chi connectivity index (χ4n) is 3.12. The van der Waals surface area contributed by atoms with Crippen LogP contribution in [0.4, 0.5) is 5.69 Å². The molecule has 0 saturated carbocycles. The lowest BCUT2D eigenvalue weighted by molar-refractivity contribution is -0.133. The molecule has 0 radical (unpaired) electrons. The number of hydrogen-bond donors (Lipinski definition) is 1. The van der Waals surface area contributed by atoms with E-state index in [0.717, 1.165) is 4.88 Å². The van der Waals surface area contributed by atoms with Crippen LogP contribution in [0.2, 0.25) is 0 Å². The summed E-state index contributed by atoms with van der Waals surface area (Å²) in [5.74, 6) is 0.149. The second-order valence-corrected chi connectivity index (χ2v) is 9.36. The number of benzene rings is 2. The summed E-state index contributed by atoms with van der Waals surface area (Å²) >= 11 is 2.76. The molecule has 1 aliphatic rings. The van der Waals surface area contributed by atoms with Gasteiger partial charge in [-0.25, -0.2) is 4.79 Å². The van der Waals surface area contributed by atoms with Gasteiger partial charge in [0.05, 0.1) is 17.9 Å². The number of thiophene rings is 1. The first-order valence-electron chi connectivity index (χ1n) is 10.3. The van der Waals surface area contributed by atoms with E-state index in [4.69, 9.17) is 14.2 Å². The number of carbonyl (C=O) groups excluding carboxylic acids is 3. The second-order valence-electron chi connectivity index (χ2n) is 7.31. The van der Waals surface area contributed by atoms with Crippen molar-refractivity contribution in [3.8, 4) is 11.5 Å². The first-order chi connectivity index (χ1) is 16.5. The number of carbonyl (C=O) groups is 3. The van der Waals surface area contributed by atoms with Gasteiger partial charge in [0.15, 0.2) is 18.1 Å². The molecule has 34 heavy (non-hydrogen) atoms. The van der Waals surface area contributed by atoms with Crippen molar-refractivity contribution in [2.45, 2.75) is 11.4 Å². The number of anilines is 1. The summed E-state index contributed by atoms with van der Waals surface area (Å²) in [5, 5.41) is 4.74. The highest BCUT2D eigenvalue weighted by Gasteiger charge is 2.18. The van der Waals surface area contributed by atoms with Crippen molar-refractivity contribution in [2.24, 2.45) is 0 Å². The number of fused-ring (bicyclic) bond motifs is 1. The van der Waals surface area contributed by atoms with E-state index in [1.54, 1.807) is 60.8 Å². The van der Waals surface area contributed by atoms with Crippen molar-refractivity contribution in [1.29, 1.82) is 0 Å². The minimum absolute atomic E-state index is 0.0845. The smallest absolute Gasteiger partial charge is 0.339 e. The van der Waals surface area contributed by atoms with Crippen LogP contribution in [0, 0.1) is 0 Å². The number of thioether (sulfide) groups is 1. The molecule has 4 rings (SSSR count).